The van der Waals surface area contributed by atoms with Crippen molar-refractivity contribution >= 4 is 0 Å². The molecule has 1 heteroatoms. The molecule has 86 valence electrons. The molecule has 0 atom stereocenters. The van der Waals surface area contributed by atoms with E-state index in [0.29, 0.717) is 5.92 Å². The molecule has 0 radical (unpaired) electrons. The smallest absolute Gasteiger partial charge is 0.0788 e. The van der Waals surface area contributed by atoms with Crippen LogP contribution in [0.1, 0.15) is 46.5 Å². The maximum absolute atomic E-state index is 4.08. The van der Waals surface area contributed by atoms with Crippen molar-refractivity contribution in [2.24, 2.45) is 5.92 Å². The first kappa shape index (κ1) is 14.1. The summed E-state index contributed by atoms with van der Waals surface area (Å²) >= 11 is 0. The van der Waals surface area contributed by atoms with Crippen LogP contribution in [0.25, 0.3) is 0 Å². The zero-order chi connectivity index (χ0) is 11.7. The average Bonchev–Trinajstić information content (AvgIpc) is 2.17. The van der Waals surface area contributed by atoms with E-state index in [2.05, 4.69) is 51.1 Å². The fourth-order valence-corrected chi connectivity index (χ4v) is 1.25. The topological polar surface area (TPSA) is 3.24 Å². The lowest BCUT2D eigenvalue weighted by atomic mass is 10.1. The van der Waals surface area contributed by atoms with Gasteiger partial charge in [-0.15, -0.1) is 0 Å². The maximum Gasteiger partial charge on any atom is 0.0788 e. The molecule has 0 aromatic heterocycles. The quantitative estimate of drug-likeness (QED) is 0.474. The van der Waals surface area contributed by atoms with Gasteiger partial charge in [-0.1, -0.05) is 52.0 Å². The van der Waals surface area contributed by atoms with Crippen LogP contribution < -0.4 is 0 Å². The number of allylic oxidation sites excluding steroid dienone is 1. The van der Waals surface area contributed by atoms with Gasteiger partial charge in [0.25, 0.3) is 0 Å². The molecule has 0 aliphatic rings. The fourth-order valence-electron chi connectivity index (χ4n) is 1.25. The standard InChI is InChI=1S/C14H25N/c1-6-7-8-11-14(4)15(5)12-9-10-13(2)3/h13H,4,6-8,11-12H2,1-3,5H3. The van der Waals surface area contributed by atoms with E-state index in [1.54, 1.807) is 0 Å². The highest BCUT2D eigenvalue weighted by Crippen LogP contribution is 2.09. The minimum absolute atomic E-state index is 0.465. The third-order valence-corrected chi connectivity index (χ3v) is 2.32. The van der Waals surface area contributed by atoms with Gasteiger partial charge in [0.15, 0.2) is 0 Å². The SMILES string of the molecule is C=C(CCCCC)N(C)CC#CC(C)C. The predicted molar refractivity (Wildman–Crippen MR) is 68.5 cm³/mol. The third kappa shape index (κ3) is 8.12. The van der Waals surface area contributed by atoms with Gasteiger partial charge < -0.3 is 4.90 Å². The van der Waals surface area contributed by atoms with Crippen LogP contribution in [-0.2, 0) is 0 Å². The summed E-state index contributed by atoms with van der Waals surface area (Å²) in [6, 6.07) is 0. The van der Waals surface area contributed by atoms with Crippen molar-refractivity contribution in [1.82, 2.24) is 4.90 Å². The normalized spacial score (nSPS) is 9.67. The van der Waals surface area contributed by atoms with Gasteiger partial charge in [0.2, 0.25) is 0 Å². The van der Waals surface area contributed by atoms with E-state index < -0.39 is 0 Å². The summed E-state index contributed by atoms with van der Waals surface area (Å²) in [5.74, 6) is 6.80. The van der Waals surface area contributed by atoms with E-state index in [1.807, 2.05) is 0 Å². The van der Waals surface area contributed by atoms with Gasteiger partial charge >= 0.3 is 0 Å². The van der Waals surface area contributed by atoms with Crippen molar-refractivity contribution in [2.45, 2.75) is 46.5 Å². The van der Waals surface area contributed by atoms with Crippen LogP contribution in [0.15, 0.2) is 12.3 Å². The van der Waals surface area contributed by atoms with Crippen molar-refractivity contribution < 1.29 is 0 Å². The molecule has 0 amide bonds. The number of rotatable bonds is 6. The predicted octanol–water partition coefficient (Wildman–Crippen LogP) is 3.67. The molecule has 0 rings (SSSR count). The molecule has 0 aliphatic heterocycles. The minimum Gasteiger partial charge on any atom is -0.367 e. The summed E-state index contributed by atoms with van der Waals surface area (Å²) in [4.78, 5) is 2.16. The van der Waals surface area contributed by atoms with Gasteiger partial charge in [-0.05, 0) is 12.8 Å². The van der Waals surface area contributed by atoms with Crippen LogP contribution in [0.4, 0.5) is 0 Å². The maximum atomic E-state index is 4.08. The van der Waals surface area contributed by atoms with Crippen LogP contribution in [0.3, 0.4) is 0 Å². The highest BCUT2D eigenvalue weighted by molar-refractivity contribution is 5.06. The Hall–Kier alpha value is -0.900. The molecule has 0 aromatic carbocycles. The molecule has 0 saturated heterocycles. The van der Waals surface area contributed by atoms with Crippen molar-refractivity contribution in [3.63, 3.8) is 0 Å². The molecule has 0 heterocycles. The van der Waals surface area contributed by atoms with Crippen LogP contribution in [0.2, 0.25) is 0 Å². The lowest BCUT2D eigenvalue weighted by molar-refractivity contribution is 0.444. The summed E-state index contributed by atoms with van der Waals surface area (Å²) in [6.07, 6.45) is 4.92. The van der Waals surface area contributed by atoms with E-state index in [0.717, 1.165) is 13.0 Å². The molecular weight excluding hydrogens is 182 g/mol. The third-order valence-electron chi connectivity index (χ3n) is 2.32. The summed E-state index contributed by atoms with van der Waals surface area (Å²) in [5.41, 5.74) is 1.21. The molecule has 0 saturated carbocycles. The fraction of sp³-hybridized carbons (Fsp3) is 0.714. The van der Waals surface area contributed by atoms with E-state index in [1.165, 1.54) is 25.0 Å². The van der Waals surface area contributed by atoms with Gasteiger partial charge in [-0.25, -0.2) is 0 Å². The second-order valence-corrected chi connectivity index (χ2v) is 4.36. The molecule has 0 aliphatic carbocycles. The monoisotopic (exact) mass is 207 g/mol. The van der Waals surface area contributed by atoms with Gasteiger partial charge in [-0.3, -0.25) is 0 Å². The molecule has 15 heavy (non-hydrogen) atoms. The minimum atomic E-state index is 0.465. The Morgan fingerprint density at radius 1 is 1.33 bits per heavy atom. The van der Waals surface area contributed by atoms with Gasteiger partial charge in [-0.2, -0.15) is 0 Å². The Labute approximate surface area is 95.6 Å². The van der Waals surface area contributed by atoms with E-state index in [4.69, 9.17) is 0 Å². The molecule has 1 nitrogen and oxygen atoms in total. The van der Waals surface area contributed by atoms with Gasteiger partial charge in [0.05, 0.1) is 6.54 Å². The molecule has 0 bridgehead atoms. The van der Waals surface area contributed by atoms with E-state index in [9.17, 15) is 0 Å². The summed E-state index contributed by atoms with van der Waals surface area (Å²) < 4.78 is 0. The lowest BCUT2D eigenvalue weighted by Gasteiger charge is -2.18. The van der Waals surface area contributed by atoms with Crippen molar-refractivity contribution in [3.05, 3.63) is 12.3 Å². The highest BCUT2D eigenvalue weighted by Gasteiger charge is 1.99. The Balaban J connectivity index is 3.75. The zero-order valence-corrected chi connectivity index (χ0v) is 10.8. The summed E-state index contributed by atoms with van der Waals surface area (Å²) in [5, 5.41) is 0. The van der Waals surface area contributed by atoms with Crippen molar-refractivity contribution in [3.8, 4) is 11.8 Å². The zero-order valence-electron chi connectivity index (χ0n) is 10.8. The first-order valence-corrected chi connectivity index (χ1v) is 5.95. The van der Waals surface area contributed by atoms with Crippen LogP contribution >= 0.6 is 0 Å². The van der Waals surface area contributed by atoms with Crippen molar-refractivity contribution in [1.29, 1.82) is 0 Å². The Bertz CT molecular complexity index is 229. The summed E-state index contributed by atoms with van der Waals surface area (Å²) in [6.45, 7) is 11.3. The molecule has 0 fully saturated rings. The van der Waals surface area contributed by atoms with Crippen LogP contribution in [-0.4, -0.2) is 18.5 Å². The first-order chi connectivity index (χ1) is 7.07. The highest BCUT2D eigenvalue weighted by atomic mass is 15.1. The molecule has 0 N–H and O–H groups in total. The Morgan fingerprint density at radius 2 is 2.00 bits per heavy atom. The Kier molecular flexibility index (Phi) is 7.91. The first-order valence-electron chi connectivity index (χ1n) is 5.95. The largest absolute Gasteiger partial charge is 0.367 e. The van der Waals surface area contributed by atoms with Gasteiger partial charge in [0, 0.05) is 18.7 Å². The van der Waals surface area contributed by atoms with E-state index in [-0.39, 0.29) is 0 Å². The van der Waals surface area contributed by atoms with E-state index >= 15 is 0 Å². The number of unbranched alkanes of at least 4 members (excludes halogenated alkanes) is 2. The molecular formula is C14H25N. The van der Waals surface area contributed by atoms with Crippen LogP contribution in [0.5, 0.6) is 0 Å². The summed E-state index contributed by atoms with van der Waals surface area (Å²) in [7, 11) is 2.07. The average molecular weight is 207 g/mol. The number of hydrogen-bond acceptors (Lipinski definition) is 1. The van der Waals surface area contributed by atoms with Gasteiger partial charge in [0.1, 0.15) is 0 Å². The second-order valence-electron chi connectivity index (χ2n) is 4.36. The second kappa shape index (κ2) is 8.41. The molecule has 0 spiro atoms. The number of nitrogens with zero attached hydrogens (tertiary/aromatic N) is 1. The Morgan fingerprint density at radius 3 is 2.53 bits per heavy atom. The molecule has 0 unspecified atom stereocenters. The van der Waals surface area contributed by atoms with Crippen molar-refractivity contribution in [2.75, 3.05) is 13.6 Å². The number of hydrogen-bond donors (Lipinski definition) is 0. The van der Waals surface area contributed by atoms with Crippen LogP contribution in [0, 0.1) is 17.8 Å². The lowest BCUT2D eigenvalue weighted by Crippen LogP contribution is -2.17. The molecule has 0 aromatic rings.